The molecule has 0 heterocycles. The van der Waals surface area contributed by atoms with E-state index in [1.54, 1.807) is 0 Å². The van der Waals surface area contributed by atoms with Gasteiger partial charge in [-0.1, -0.05) is 0 Å². The van der Waals surface area contributed by atoms with Gasteiger partial charge in [0.05, 0.1) is 5.92 Å². The molecule has 1 aliphatic carbocycles. The quantitative estimate of drug-likeness (QED) is 0.586. The van der Waals surface area contributed by atoms with Crippen LogP contribution in [0.5, 0.6) is 0 Å². The number of ether oxygens (including phenoxy) is 1. The molecule has 0 aromatic heterocycles. The lowest BCUT2D eigenvalue weighted by molar-refractivity contribution is -0.138. The molecule has 1 saturated carbocycles. The maximum atomic E-state index is 12.7. The summed E-state index contributed by atoms with van der Waals surface area (Å²) < 4.78 is 17.4. The molecule has 0 aliphatic heterocycles. The van der Waals surface area contributed by atoms with E-state index in [0.29, 0.717) is 5.69 Å². The second-order valence-corrected chi connectivity index (χ2v) is 4.00. The van der Waals surface area contributed by atoms with Crippen molar-refractivity contribution in [3.63, 3.8) is 0 Å². The summed E-state index contributed by atoms with van der Waals surface area (Å²) in [7, 11) is 1.47. The van der Waals surface area contributed by atoms with Crippen molar-refractivity contribution in [1.29, 1.82) is 0 Å². The van der Waals surface area contributed by atoms with Crippen molar-refractivity contribution in [2.45, 2.75) is 12.8 Å². The predicted octanol–water partition coefficient (Wildman–Crippen LogP) is 2.34. The first-order valence-electron chi connectivity index (χ1n) is 5.33. The number of hydrogen-bond acceptors (Lipinski definition) is 3. The van der Waals surface area contributed by atoms with Gasteiger partial charge in [0.25, 0.3) is 0 Å². The van der Waals surface area contributed by atoms with Gasteiger partial charge < -0.3 is 4.74 Å². The van der Waals surface area contributed by atoms with Gasteiger partial charge in [-0.15, -0.1) is 0 Å². The Labute approximate surface area is 98.0 Å². The number of amides is 1. The maximum absolute atomic E-state index is 12.7. The third-order valence-electron chi connectivity index (χ3n) is 2.59. The molecule has 1 aromatic carbocycles. The van der Waals surface area contributed by atoms with Crippen LogP contribution in [0.15, 0.2) is 24.3 Å². The van der Waals surface area contributed by atoms with Crippen molar-refractivity contribution in [3.8, 4) is 0 Å². The number of carbonyl (C=O) groups excluding carboxylic acids is 2. The molecule has 0 spiro atoms. The third-order valence-corrected chi connectivity index (χ3v) is 2.59. The van der Waals surface area contributed by atoms with Gasteiger partial charge in [-0.2, -0.15) is 0 Å². The predicted molar refractivity (Wildman–Crippen MR) is 59.0 cm³/mol. The number of halogens is 1. The standard InChI is InChI=1S/C12H12FNO3/c1-14(10-6-4-9(13)5-7-10)12(16)17-11(15)8-2-3-8/h4-8H,2-3H2,1H3. The van der Waals surface area contributed by atoms with Crippen LogP contribution in [0.3, 0.4) is 0 Å². The van der Waals surface area contributed by atoms with Gasteiger partial charge in [-0.3, -0.25) is 9.69 Å². The summed E-state index contributed by atoms with van der Waals surface area (Å²) in [6, 6.07) is 5.36. The van der Waals surface area contributed by atoms with Crippen molar-refractivity contribution < 1.29 is 18.7 Å². The van der Waals surface area contributed by atoms with Crippen molar-refractivity contribution >= 4 is 17.7 Å². The lowest BCUT2D eigenvalue weighted by Crippen LogP contribution is -2.29. The summed E-state index contributed by atoms with van der Waals surface area (Å²) in [4.78, 5) is 24.0. The summed E-state index contributed by atoms with van der Waals surface area (Å²) in [5.41, 5.74) is 0.472. The molecular weight excluding hydrogens is 225 g/mol. The molecule has 0 saturated heterocycles. The Morgan fingerprint density at radius 2 is 1.88 bits per heavy atom. The SMILES string of the molecule is CN(C(=O)OC(=O)C1CC1)c1ccc(F)cc1. The monoisotopic (exact) mass is 237 g/mol. The van der Waals surface area contributed by atoms with Crippen molar-refractivity contribution in [3.05, 3.63) is 30.1 Å². The summed E-state index contributed by atoms with van der Waals surface area (Å²) >= 11 is 0. The number of rotatable bonds is 2. The van der Waals surface area contributed by atoms with Gasteiger partial charge in [0.1, 0.15) is 5.82 Å². The third kappa shape index (κ3) is 2.81. The highest BCUT2D eigenvalue weighted by Crippen LogP contribution is 2.30. The molecule has 0 N–H and O–H groups in total. The van der Waals surface area contributed by atoms with Gasteiger partial charge in [-0.25, -0.2) is 9.18 Å². The van der Waals surface area contributed by atoms with Crippen LogP contribution in [-0.4, -0.2) is 19.1 Å². The zero-order chi connectivity index (χ0) is 12.4. The molecule has 0 radical (unpaired) electrons. The molecule has 90 valence electrons. The first-order valence-corrected chi connectivity index (χ1v) is 5.33. The Hall–Kier alpha value is -1.91. The molecule has 1 aromatic rings. The zero-order valence-electron chi connectivity index (χ0n) is 9.35. The van der Waals surface area contributed by atoms with E-state index in [4.69, 9.17) is 0 Å². The van der Waals surface area contributed by atoms with E-state index in [2.05, 4.69) is 4.74 Å². The average molecular weight is 237 g/mol. The first-order chi connectivity index (χ1) is 8.08. The van der Waals surface area contributed by atoms with Gasteiger partial charge >= 0.3 is 12.1 Å². The Bertz CT molecular complexity index is 440. The number of anilines is 1. The number of benzene rings is 1. The van der Waals surface area contributed by atoms with Crippen molar-refractivity contribution in [1.82, 2.24) is 0 Å². The number of carbonyl (C=O) groups is 2. The van der Waals surface area contributed by atoms with Crippen molar-refractivity contribution in [2.24, 2.45) is 5.92 Å². The lowest BCUT2D eigenvalue weighted by atomic mass is 10.3. The van der Waals surface area contributed by atoms with Gasteiger partial charge in [0.15, 0.2) is 0 Å². The summed E-state index contributed by atoms with van der Waals surface area (Å²) in [6.07, 6.45) is 0.826. The topological polar surface area (TPSA) is 46.6 Å². The van der Waals surface area contributed by atoms with E-state index in [1.165, 1.54) is 36.2 Å². The molecule has 1 fully saturated rings. The summed E-state index contributed by atoms with van der Waals surface area (Å²) in [5, 5.41) is 0. The average Bonchev–Trinajstić information content (AvgIpc) is 3.12. The molecule has 0 bridgehead atoms. The number of hydrogen-bond donors (Lipinski definition) is 0. The van der Waals surface area contributed by atoms with Crippen molar-refractivity contribution in [2.75, 3.05) is 11.9 Å². The zero-order valence-corrected chi connectivity index (χ0v) is 9.35. The minimum atomic E-state index is -0.742. The van der Waals surface area contributed by atoms with Crippen LogP contribution in [0.25, 0.3) is 0 Å². The van der Waals surface area contributed by atoms with E-state index in [0.717, 1.165) is 12.8 Å². The van der Waals surface area contributed by atoms with E-state index in [9.17, 15) is 14.0 Å². The fourth-order valence-electron chi connectivity index (χ4n) is 1.33. The van der Waals surface area contributed by atoms with Gasteiger partial charge in [0.2, 0.25) is 0 Å². The van der Waals surface area contributed by atoms with Crippen LogP contribution in [0.2, 0.25) is 0 Å². The van der Waals surface area contributed by atoms with Crippen LogP contribution in [0.1, 0.15) is 12.8 Å². The van der Waals surface area contributed by atoms with E-state index in [1.807, 2.05) is 0 Å². The van der Waals surface area contributed by atoms with E-state index < -0.39 is 12.1 Å². The number of nitrogens with zero attached hydrogens (tertiary/aromatic N) is 1. The van der Waals surface area contributed by atoms with E-state index in [-0.39, 0.29) is 11.7 Å². The van der Waals surface area contributed by atoms with E-state index >= 15 is 0 Å². The van der Waals surface area contributed by atoms with Crippen LogP contribution in [-0.2, 0) is 9.53 Å². The van der Waals surface area contributed by atoms with Gasteiger partial charge in [-0.05, 0) is 37.1 Å². The fraction of sp³-hybridized carbons (Fsp3) is 0.333. The summed E-state index contributed by atoms with van der Waals surface area (Å²) in [5.74, 6) is -0.992. The van der Waals surface area contributed by atoms with Crippen LogP contribution < -0.4 is 4.90 Å². The molecule has 4 nitrogen and oxygen atoms in total. The molecule has 1 aliphatic rings. The Morgan fingerprint density at radius 1 is 1.29 bits per heavy atom. The Kier molecular flexibility index (Phi) is 3.08. The van der Waals surface area contributed by atoms with Gasteiger partial charge in [0, 0.05) is 12.7 Å². The highest BCUT2D eigenvalue weighted by Gasteiger charge is 2.33. The molecule has 17 heavy (non-hydrogen) atoms. The minimum absolute atomic E-state index is 0.124. The summed E-state index contributed by atoms with van der Waals surface area (Å²) in [6.45, 7) is 0. The van der Waals surface area contributed by atoms with Crippen LogP contribution in [0.4, 0.5) is 14.9 Å². The Morgan fingerprint density at radius 3 is 2.41 bits per heavy atom. The Balaban J connectivity index is 1.98. The maximum Gasteiger partial charge on any atom is 0.421 e. The minimum Gasteiger partial charge on any atom is -0.376 e. The number of esters is 1. The molecule has 5 heteroatoms. The second-order valence-electron chi connectivity index (χ2n) is 4.00. The molecule has 1 amide bonds. The molecule has 0 atom stereocenters. The van der Waals surface area contributed by atoms with Crippen LogP contribution in [0, 0.1) is 11.7 Å². The molecule has 0 unspecified atom stereocenters. The van der Waals surface area contributed by atoms with Crippen LogP contribution >= 0.6 is 0 Å². The fourth-order valence-corrected chi connectivity index (χ4v) is 1.33. The first kappa shape index (κ1) is 11.6. The molecular formula is C12H12FNO3. The largest absolute Gasteiger partial charge is 0.421 e. The second kappa shape index (κ2) is 4.53. The molecule has 2 rings (SSSR count). The normalized spacial score (nSPS) is 14.2. The highest BCUT2D eigenvalue weighted by molar-refractivity contribution is 5.95. The highest BCUT2D eigenvalue weighted by atomic mass is 19.1. The lowest BCUT2D eigenvalue weighted by Gasteiger charge is -2.15. The smallest absolute Gasteiger partial charge is 0.376 e.